The molecule has 0 unspecified atom stereocenters. The molecule has 3 aromatic rings. The molecule has 7 nitrogen and oxygen atoms in total. The van der Waals surface area contributed by atoms with E-state index >= 15 is 0 Å². The lowest BCUT2D eigenvalue weighted by Crippen LogP contribution is -2.39. The van der Waals surface area contributed by atoms with Gasteiger partial charge in [-0.3, -0.25) is 4.68 Å². The van der Waals surface area contributed by atoms with Crippen molar-refractivity contribution in [1.29, 1.82) is 0 Å². The van der Waals surface area contributed by atoms with Gasteiger partial charge in [0.05, 0.1) is 23.3 Å². The minimum absolute atomic E-state index is 0.0659. The van der Waals surface area contributed by atoms with Gasteiger partial charge in [-0.1, -0.05) is 18.2 Å². The number of urea groups is 1. The quantitative estimate of drug-likeness (QED) is 0.738. The molecule has 0 fully saturated rings. The molecule has 0 atom stereocenters. The van der Waals surface area contributed by atoms with E-state index in [2.05, 4.69) is 22.5 Å². The summed E-state index contributed by atoms with van der Waals surface area (Å²) in [6.45, 7) is 6.16. The van der Waals surface area contributed by atoms with E-state index in [4.69, 9.17) is 10.1 Å². The average Bonchev–Trinajstić information content (AvgIpc) is 3.14. The third kappa shape index (κ3) is 2.85. The summed E-state index contributed by atoms with van der Waals surface area (Å²) >= 11 is 0. The highest BCUT2D eigenvalue weighted by Crippen LogP contribution is 2.25. The minimum Gasteiger partial charge on any atom is -0.335 e. The molecule has 26 heavy (non-hydrogen) atoms. The fourth-order valence-corrected chi connectivity index (χ4v) is 3.39. The van der Waals surface area contributed by atoms with Gasteiger partial charge in [0, 0.05) is 26.7 Å². The predicted octanol–water partition coefficient (Wildman–Crippen LogP) is 2.54. The fraction of sp³-hybridized carbons (Fsp3) is 0.316. The Hall–Kier alpha value is -3.09. The first-order valence-corrected chi connectivity index (χ1v) is 8.79. The fourth-order valence-electron chi connectivity index (χ4n) is 3.39. The number of carbonyl (C=O) groups is 1. The van der Waals surface area contributed by atoms with E-state index in [1.807, 2.05) is 40.9 Å². The Kier molecular flexibility index (Phi) is 4.20. The first kappa shape index (κ1) is 16.4. The molecule has 0 aliphatic carbocycles. The van der Waals surface area contributed by atoms with Gasteiger partial charge in [-0.15, -0.1) is 6.58 Å². The van der Waals surface area contributed by atoms with Gasteiger partial charge in [-0.05, 0) is 24.6 Å². The Morgan fingerprint density at radius 2 is 2.19 bits per heavy atom. The Morgan fingerprint density at radius 1 is 1.35 bits per heavy atom. The van der Waals surface area contributed by atoms with Crippen LogP contribution in [-0.2, 0) is 20.1 Å². The minimum atomic E-state index is -0.0659. The average molecular weight is 350 g/mol. The van der Waals surface area contributed by atoms with Crippen molar-refractivity contribution in [2.75, 3.05) is 13.1 Å². The molecule has 4 rings (SSSR count). The van der Waals surface area contributed by atoms with Crippen LogP contribution in [0.1, 0.15) is 12.1 Å². The highest BCUT2D eigenvalue weighted by molar-refractivity contribution is 5.80. The molecule has 7 heteroatoms. The van der Waals surface area contributed by atoms with Crippen LogP contribution in [0.25, 0.3) is 22.6 Å². The van der Waals surface area contributed by atoms with Gasteiger partial charge in [0.25, 0.3) is 0 Å². The number of aryl methyl sites for hydroxylation is 2. The summed E-state index contributed by atoms with van der Waals surface area (Å²) in [6, 6.07) is 10.0. The Bertz CT molecular complexity index is 970. The molecule has 0 saturated carbocycles. The third-order valence-electron chi connectivity index (χ3n) is 4.72. The monoisotopic (exact) mass is 350 g/mol. The summed E-state index contributed by atoms with van der Waals surface area (Å²) in [6.07, 6.45) is 2.56. The molecule has 0 saturated heterocycles. The number of aromatic nitrogens is 4. The number of para-hydroxylation sites is 2. The number of carbonyl (C=O) groups excluding carboxylic acids is 1. The molecule has 0 spiro atoms. The van der Waals surface area contributed by atoms with Crippen molar-refractivity contribution in [2.24, 2.45) is 7.05 Å². The van der Waals surface area contributed by atoms with Gasteiger partial charge >= 0.3 is 6.03 Å². The highest BCUT2D eigenvalue weighted by atomic mass is 16.2. The van der Waals surface area contributed by atoms with Crippen molar-refractivity contribution in [2.45, 2.75) is 19.5 Å². The summed E-state index contributed by atoms with van der Waals surface area (Å²) < 4.78 is 4.06. The standard InChI is InChI=1S/C19H22N6O/c1-3-9-20-19(26)24-10-6-11-25-14(13-24)12-16(22-25)18-21-15-7-4-5-8-17(15)23(18)2/h3-5,7-8,12H,1,6,9-11,13H2,2H3,(H,20,26). The molecule has 0 radical (unpaired) electrons. The number of nitrogens with zero attached hydrogens (tertiary/aromatic N) is 5. The first-order chi connectivity index (χ1) is 12.7. The lowest BCUT2D eigenvalue weighted by molar-refractivity contribution is 0.197. The summed E-state index contributed by atoms with van der Waals surface area (Å²) in [5, 5.41) is 7.60. The molecule has 3 heterocycles. The topological polar surface area (TPSA) is 68.0 Å². The van der Waals surface area contributed by atoms with Gasteiger partial charge < -0.3 is 14.8 Å². The lowest BCUT2D eigenvalue weighted by atomic mass is 10.3. The Labute approximate surface area is 151 Å². The van der Waals surface area contributed by atoms with Crippen LogP contribution < -0.4 is 5.32 Å². The lowest BCUT2D eigenvalue weighted by Gasteiger charge is -2.19. The van der Waals surface area contributed by atoms with E-state index in [1.165, 1.54) is 0 Å². The second-order valence-electron chi connectivity index (χ2n) is 6.48. The van der Waals surface area contributed by atoms with Crippen molar-refractivity contribution in [3.63, 3.8) is 0 Å². The summed E-state index contributed by atoms with van der Waals surface area (Å²) in [4.78, 5) is 18.8. The van der Waals surface area contributed by atoms with Gasteiger partial charge in [0.1, 0.15) is 5.69 Å². The molecule has 2 amide bonds. The highest BCUT2D eigenvalue weighted by Gasteiger charge is 2.22. The van der Waals surface area contributed by atoms with Gasteiger partial charge in [0.2, 0.25) is 0 Å². The van der Waals surface area contributed by atoms with Gasteiger partial charge in [0.15, 0.2) is 5.82 Å². The molecule has 1 aliphatic heterocycles. The molecule has 0 bridgehead atoms. The van der Waals surface area contributed by atoms with E-state index in [-0.39, 0.29) is 6.03 Å². The Balaban J connectivity index is 1.64. The van der Waals surface area contributed by atoms with Crippen LogP contribution in [-0.4, -0.2) is 43.4 Å². The van der Waals surface area contributed by atoms with Crippen LogP contribution in [0.15, 0.2) is 43.0 Å². The number of nitrogens with one attached hydrogen (secondary N) is 1. The first-order valence-electron chi connectivity index (χ1n) is 8.79. The second-order valence-corrected chi connectivity index (χ2v) is 6.48. The van der Waals surface area contributed by atoms with E-state index in [0.717, 1.165) is 41.2 Å². The maximum absolute atomic E-state index is 12.3. The van der Waals surface area contributed by atoms with Crippen LogP contribution in [0, 0.1) is 0 Å². The molecule has 1 aliphatic rings. The third-order valence-corrected chi connectivity index (χ3v) is 4.72. The number of hydrogen-bond donors (Lipinski definition) is 1. The maximum atomic E-state index is 12.3. The number of benzene rings is 1. The summed E-state index contributed by atoms with van der Waals surface area (Å²) in [5.41, 5.74) is 3.90. The number of hydrogen-bond acceptors (Lipinski definition) is 3. The zero-order valence-corrected chi connectivity index (χ0v) is 14.9. The maximum Gasteiger partial charge on any atom is 0.318 e. The summed E-state index contributed by atoms with van der Waals surface area (Å²) in [5.74, 6) is 0.842. The normalized spacial score (nSPS) is 14.1. The molecule has 1 N–H and O–H groups in total. The molecular formula is C19H22N6O. The number of fused-ring (bicyclic) bond motifs is 2. The zero-order chi connectivity index (χ0) is 18.1. The SMILES string of the molecule is C=CCNC(=O)N1CCCn2nc(-c3nc4ccccc4n3C)cc2C1. The van der Waals surface area contributed by atoms with Crippen molar-refractivity contribution in [3.05, 3.63) is 48.7 Å². The number of rotatable bonds is 3. The Morgan fingerprint density at radius 3 is 3.00 bits per heavy atom. The van der Waals surface area contributed by atoms with Crippen LogP contribution >= 0.6 is 0 Å². The van der Waals surface area contributed by atoms with Gasteiger partial charge in [-0.25, -0.2) is 9.78 Å². The van der Waals surface area contributed by atoms with E-state index < -0.39 is 0 Å². The van der Waals surface area contributed by atoms with Gasteiger partial charge in [-0.2, -0.15) is 5.10 Å². The second kappa shape index (κ2) is 6.67. The molecule has 1 aromatic carbocycles. The van der Waals surface area contributed by atoms with Crippen molar-refractivity contribution in [3.8, 4) is 11.5 Å². The smallest absolute Gasteiger partial charge is 0.318 e. The van der Waals surface area contributed by atoms with E-state index in [9.17, 15) is 4.79 Å². The molecular weight excluding hydrogens is 328 g/mol. The van der Waals surface area contributed by atoms with Crippen LogP contribution in [0.5, 0.6) is 0 Å². The van der Waals surface area contributed by atoms with Crippen molar-refractivity contribution < 1.29 is 4.79 Å². The summed E-state index contributed by atoms with van der Waals surface area (Å²) in [7, 11) is 2.00. The molecule has 2 aromatic heterocycles. The van der Waals surface area contributed by atoms with Crippen molar-refractivity contribution >= 4 is 17.1 Å². The van der Waals surface area contributed by atoms with Crippen molar-refractivity contribution in [1.82, 2.24) is 29.5 Å². The molecule has 134 valence electrons. The van der Waals surface area contributed by atoms with Crippen LogP contribution in [0.4, 0.5) is 4.79 Å². The number of imidazole rings is 1. The number of amides is 2. The van der Waals surface area contributed by atoms with Crippen LogP contribution in [0.3, 0.4) is 0 Å². The predicted molar refractivity (Wildman–Crippen MR) is 101 cm³/mol. The van der Waals surface area contributed by atoms with E-state index in [0.29, 0.717) is 19.6 Å². The largest absolute Gasteiger partial charge is 0.335 e. The van der Waals surface area contributed by atoms with Crippen LogP contribution in [0.2, 0.25) is 0 Å². The zero-order valence-electron chi connectivity index (χ0n) is 14.9. The van der Waals surface area contributed by atoms with E-state index in [1.54, 1.807) is 6.08 Å².